The summed E-state index contributed by atoms with van der Waals surface area (Å²) in [5.74, 6) is 0.658. The first-order valence-electron chi connectivity index (χ1n) is 7.78. The predicted molar refractivity (Wildman–Crippen MR) is 94.3 cm³/mol. The third kappa shape index (κ3) is 4.52. The number of amides is 2. The van der Waals surface area contributed by atoms with Gasteiger partial charge < -0.3 is 14.2 Å². The fraction of sp³-hybridized carbons (Fsp3) is 0.375. The second kappa shape index (κ2) is 7.88. The summed E-state index contributed by atoms with van der Waals surface area (Å²) in [7, 11) is 0. The minimum atomic E-state index is -0.000514. The van der Waals surface area contributed by atoms with Crippen LogP contribution in [0.5, 0.6) is 0 Å². The molecule has 2 amide bonds. The molecular weight excluding hydrogens is 364 g/mol. The van der Waals surface area contributed by atoms with E-state index in [0.29, 0.717) is 42.3 Å². The summed E-state index contributed by atoms with van der Waals surface area (Å²) >= 11 is 7.06. The van der Waals surface area contributed by atoms with Crippen LogP contribution >= 0.6 is 23.4 Å². The van der Waals surface area contributed by atoms with Crippen LogP contribution in [-0.2, 0) is 9.59 Å². The van der Waals surface area contributed by atoms with Crippen LogP contribution in [0.15, 0.2) is 33.9 Å². The van der Waals surface area contributed by atoms with Crippen molar-refractivity contribution < 1.29 is 14.0 Å². The Morgan fingerprint density at radius 2 is 1.76 bits per heavy atom. The molecule has 1 fully saturated rings. The van der Waals surface area contributed by atoms with E-state index in [1.165, 1.54) is 11.8 Å². The summed E-state index contributed by atoms with van der Waals surface area (Å²) in [5.41, 5.74) is 0.774. The molecule has 2 aromatic rings. The lowest BCUT2D eigenvalue weighted by molar-refractivity contribution is -0.136. The number of benzene rings is 1. The molecule has 1 aromatic carbocycles. The van der Waals surface area contributed by atoms with Crippen molar-refractivity contribution in [2.24, 2.45) is 0 Å². The number of thioether (sulfide) groups is 1. The maximum absolute atomic E-state index is 12.3. The monoisotopic (exact) mass is 380 g/mol. The van der Waals surface area contributed by atoms with Gasteiger partial charge in [0.2, 0.25) is 17.7 Å². The van der Waals surface area contributed by atoms with Gasteiger partial charge in [0.1, 0.15) is 0 Å². The molecule has 9 heteroatoms. The number of hydrogen-bond acceptors (Lipinski definition) is 6. The summed E-state index contributed by atoms with van der Waals surface area (Å²) in [6.45, 7) is 3.80. The van der Waals surface area contributed by atoms with E-state index in [4.69, 9.17) is 16.0 Å². The number of halogens is 1. The van der Waals surface area contributed by atoms with Gasteiger partial charge >= 0.3 is 0 Å². The third-order valence-corrected chi connectivity index (χ3v) is 4.95. The molecule has 0 atom stereocenters. The predicted octanol–water partition coefficient (Wildman–Crippen LogP) is 2.17. The fourth-order valence-electron chi connectivity index (χ4n) is 2.46. The number of nitrogens with zero attached hydrogens (tertiary/aromatic N) is 4. The lowest BCUT2D eigenvalue weighted by Gasteiger charge is -2.34. The fourth-order valence-corrected chi connectivity index (χ4v) is 3.25. The molecular formula is C16H17ClN4O3S. The molecule has 0 N–H and O–H groups in total. The van der Waals surface area contributed by atoms with Crippen LogP contribution in [0.2, 0.25) is 5.02 Å². The highest BCUT2D eigenvalue weighted by atomic mass is 35.5. The van der Waals surface area contributed by atoms with Crippen molar-refractivity contribution in [3.05, 3.63) is 29.3 Å². The van der Waals surface area contributed by atoms with Crippen LogP contribution in [0.1, 0.15) is 6.92 Å². The van der Waals surface area contributed by atoms with Crippen LogP contribution in [0.25, 0.3) is 11.5 Å². The molecule has 1 aliphatic rings. The topological polar surface area (TPSA) is 79.5 Å². The molecule has 0 saturated carbocycles. The van der Waals surface area contributed by atoms with E-state index < -0.39 is 0 Å². The zero-order valence-electron chi connectivity index (χ0n) is 13.6. The molecule has 0 unspecified atom stereocenters. The number of carbonyl (C=O) groups excluding carboxylic acids is 2. The van der Waals surface area contributed by atoms with Gasteiger partial charge in [0.25, 0.3) is 5.22 Å². The average Bonchev–Trinajstić information content (AvgIpc) is 3.09. The van der Waals surface area contributed by atoms with Gasteiger partial charge in [-0.15, -0.1) is 10.2 Å². The van der Waals surface area contributed by atoms with Gasteiger partial charge in [0.15, 0.2) is 0 Å². The van der Waals surface area contributed by atoms with Gasteiger partial charge in [-0.05, 0) is 24.3 Å². The van der Waals surface area contributed by atoms with Crippen LogP contribution in [0.4, 0.5) is 0 Å². The molecule has 25 heavy (non-hydrogen) atoms. The summed E-state index contributed by atoms with van der Waals surface area (Å²) < 4.78 is 5.57. The van der Waals surface area contributed by atoms with E-state index in [9.17, 15) is 9.59 Å². The van der Waals surface area contributed by atoms with Gasteiger partial charge in [-0.3, -0.25) is 9.59 Å². The van der Waals surface area contributed by atoms with Crippen LogP contribution in [0, 0.1) is 0 Å². The van der Waals surface area contributed by atoms with Gasteiger partial charge in [-0.25, -0.2) is 0 Å². The molecule has 0 radical (unpaired) electrons. The van der Waals surface area contributed by atoms with Crippen molar-refractivity contribution in [1.29, 1.82) is 0 Å². The molecule has 3 rings (SSSR count). The molecule has 1 aliphatic heterocycles. The summed E-state index contributed by atoms with van der Waals surface area (Å²) in [6, 6.07) is 7.09. The first-order valence-corrected chi connectivity index (χ1v) is 9.15. The number of piperazine rings is 1. The van der Waals surface area contributed by atoms with E-state index in [1.807, 2.05) is 0 Å². The Labute approximate surface area is 154 Å². The minimum Gasteiger partial charge on any atom is -0.411 e. The smallest absolute Gasteiger partial charge is 0.277 e. The molecule has 7 nitrogen and oxygen atoms in total. The summed E-state index contributed by atoms with van der Waals surface area (Å²) in [5, 5.41) is 8.92. The van der Waals surface area contributed by atoms with Crippen LogP contribution < -0.4 is 0 Å². The first kappa shape index (κ1) is 17.8. The standard InChI is InChI=1S/C16H17ClN4O3S/c1-11(22)20-6-8-21(9-7-20)14(23)10-25-16-19-18-15(24-16)12-2-4-13(17)5-3-12/h2-5H,6-10H2,1H3. The van der Waals surface area contributed by atoms with Gasteiger partial charge in [-0.2, -0.15) is 0 Å². The lowest BCUT2D eigenvalue weighted by atomic mass is 10.2. The number of hydrogen-bond donors (Lipinski definition) is 0. The van der Waals surface area contributed by atoms with Gasteiger partial charge in [0.05, 0.1) is 5.75 Å². The van der Waals surface area contributed by atoms with E-state index in [2.05, 4.69) is 10.2 Å². The molecule has 0 spiro atoms. The van der Waals surface area contributed by atoms with Crippen LogP contribution in [-0.4, -0.2) is 63.7 Å². The molecule has 0 aliphatic carbocycles. The Morgan fingerprint density at radius 3 is 2.40 bits per heavy atom. The zero-order valence-corrected chi connectivity index (χ0v) is 15.2. The maximum atomic E-state index is 12.3. The highest BCUT2D eigenvalue weighted by Gasteiger charge is 2.22. The first-order chi connectivity index (χ1) is 12.0. The molecule has 132 valence electrons. The second-order valence-corrected chi connectivity index (χ2v) is 6.92. The maximum Gasteiger partial charge on any atom is 0.277 e. The summed E-state index contributed by atoms with van der Waals surface area (Å²) in [4.78, 5) is 27.1. The molecule has 1 saturated heterocycles. The third-order valence-electron chi connectivity index (χ3n) is 3.89. The van der Waals surface area contributed by atoms with Crippen molar-refractivity contribution in [1.82, 2.24) is 20.0 Å². The Bertz CT molecular complexity index is 757. The number of carbonyl (C=O) groups is 2. The van der Waals surface area contributed by atoms with Crippen molar-refractivity contribution in [2.75, 3.05) is 31.9 Å². The Hall–Kier alpha value is -2.06. The highest BCUT2D eigenvalue weighted by Crippen LogP contribution is 2.24. The second-order valence-electron chi connectivity index (χ2n) is 5.56. The Kier molecular flexibility index (Phi) is 5.60. The Balaban J connectivity index is 1.51. The van der Waals surface area contributed by atoms with Crippen molar-refractivity contribution in [3.8, 4) is 11.5 Å². The van der Waals surface area contributed by atoms with Crippen molar-refractivity contribution in [3.63, 3.8) is 0 Å². The normalized spacial score (nSPS) is 14.6. The SMILES string of the molecule is CC(=O)N1CCN(C(=O)CSc2nnc(-c3ccc(Cl)cc3)o2)CC1. The van der Waals surface area contributed by atoms with E-state index in [1.54, 1.807) is 41.0 Å². The zero-order chi connectivity index (χ0) is 17.8. The number of rotatable bonds is 4. The van der Waals surface area contributed by atoms with Gasteiger partial charge in [0, 0.05) is 43.7 Å². The van der Waals surface area contributed by atoms with E-state index in [0.717, 1.165) is 5.56 Å². The van der Waals surface area contributed by atoms with Gasteiger partial charge in [-0.1, -0.05) is 23.4 Å². The molecule has 2 heterocycles. The minimum absolute atomic E-state index is 0.000514. The van der Waals surface area contributed by atoms with Crippen molar-refractivity contribution >= 4 is 35.2 Å². The highest BCUT2D eigenvalue weighted by molar-refractivity contribution is 7.99. The summed E-state index contributed by atoms with van der Waals surface area (Å²) in [6.07, 6.45) is 0. The lowest BCUT2D eigenvalue weighted by Crippen LogP contribution is -2.50. The quantitative estimate of drug-likeness (QED) is 0.756. The van der Waals surface area contributed by atoms with E-state index in [-0.39, 0.29) is 17.6 Å². The van der Waals surface area contributed by atoms with Crippen LogP contribution in [0.3, 0.4) is 0 Å². The van der Waals surface area contributed by atoms with E-state index >= 15 is 0 Å². The molecule has 0 bridgehead atoms. The average molecular weight is 381 g/mol. The molecule has 1 aromatic heterocycles. The van der Waals surface area contributed by atoms with Crippen molar-refractivity contribution in [2.45, 2.75) is 12.1 Å². The Morgan fingerprint density at radius 1 is 1.12 bits per heavy atom. The largest absolute Gasteiger partial charge is 0.411 e. The number of aromatic nitrogens is 2.